The third-order valence-corrected chi connectivity index (χ3v) is 6.34. The number of hydrogen-bond acceptors (Lipinski definition) is 9. The second-order valence-corrected chi connectivity index (χ2v) is 8.81. The number of rotatable bonds is 6. The van der Waals surface area contributed by atoms with Gasteiger partial charge in [-0.05, 0) is 41.7 Å². The zero-order chi connectivity index (χ0) is 21.7. The summed E-state index contributed by atoms with van der Waals surface area (Å²) < 4.78 is 5.91. The molecule has 1 aromatic carbocycles. The van der Waals surface area contributed by atoms with E-state index < -0.39 is 0 Å². The molecule has 6 rings (SSSR count). The Morgan fingerprint density at radius 3 is 2.69 bits per heavy atom. The summed E-state index contributed by atoms with van der Waals surface area (Å²) in [6.07, 6.45) is 3.45. The second kappa shape index (κ2) is 7.72. The fraction of sp³-hybridized carbons (Fsp3) is 0.300. The van der Waals surface area contributed by atoms with Crippen molar-refractivity contribution in [3.63, 3.8) is 0 Å². The first-order chi connectivity index (χ1) is 15.6. The van der Waals surface area contributed by atoms with Crippen molar-refractivity contribution in [2.75, 3.05) is 23.3 Å². The van der Waals surface area contributed by atoms with E-state index >= 15 is 0 Å². The Labute approximate surface area is 192 Å². The average molecular weight is 470 g/mol. The monoisotopic (exact) mass is 469 g/mol. The summed E-state index contributed by atoms with van der Waals surface area (Å²) in [7, 11) is 0. The van der Waals surface area contributed by atoms with Gasteiger partial charge < -0.3 is 14.6 Å². The molecule has 10 nitrogen and oxygen atoms in total. The van der Waals surface area contributed by atoms with E-state index in [1.54, 1.807) is 24.5 Å². The average Bonchev–Trinajstić information content (AvgIpc) is 3.32. The largest absolute Gasteiger partial charge is 0.402 e. The summed E-state index contributed by atoms with van der Waals surface area (Å²) in [5, 5.41) is 23.5. The van der Waals surface area contributed by atoms with Gasteiger partial charge in [0, 0.05) is 41.8 Å². The van der Waals surface area contributed by atoms with E-state index in [9.17, 15) is 0 Å². The Hall–Kier alpha value is -3.24. The molecule has 2 atom stereocenters. The maximum Gasteiger partial charge on any atom is 0.318 e. The highest BCUT2D eigenvalue weighted by molar-refractivity contribution is 6.34. The third-order valence-electron chi connectivity index (χ3n) is 5.90. The van der Waals surface area contributed by atoms with Crippen LogP contribution in [0.2, 0.25) is 10.0 Å². The Kier molecular flexibility index (Phi) is 4.69. The number of aromatic amines is 1. The number of anilines is 2. The van der Waals surface area contributed by atoms with Gasteiger partial charge in [-0.25, -0.2) is 9.97 Å². The standard InChI is InChI=1S/C20H17Cl2N9O/c21-11-3-10(4-12(22)5-11)6-24-19-23-2-1-15(26-19)18-28-29-20(32-18)31-8-13-14(9-31)17(13)16-7-25-30-27-16/h1-5,7,13-14,17H,6,8-9H2,(H,23,24,26)(H,25,27,30). The number of nitrogens with zero attached hydrogens (tertiary/aromatic N) is 7. The van der Waals surface area contributed by atoms with Crippen LogP contribution in [0.5, 0.6) is 0 Å². The number of piperidine rings is 1. The highest BCUT2D eigenvalue weighted by atomic mass is 35.5. The van der Waals surface area contributed by atoms with E-state index in [4.69, 9.17) is 27.6 Å². The molecule has 1 aliphatic heterocycles. The van der Waals surface area contributed by atoms with E-state index in [-0.39, 0.29) is 0 Å². The highest BCUT2D eigenvalue weighted by Crippen LogP contribution is 2.58. The summed E-state index contributed by atoms with van der Waals surface area (Å²) in [4.78, 5) is 10.9. The maximum atomic E-state index is 6.06. The molecule has 0 bridgehead atoms. The minimum absolute atomic E-state index is 0.352. The highest BCUT2D eigenvalue weighted by Gasteiger charge is 2.58. The number of hydrogen-bond donors (Lipinski definition) is 2. The number of aromatic nitrogens is 7. The molecule has 0 spiro atoms. The van der Waals surface area contributed by atoms with E-state index in [1.165, 1.54) is 0 Å². The van der Waals surface area contributed by atoms with Crippen molar-refractivity contribution in [3.05, 3.63) is 58.0 Å². The van der Waals surface area contributed by atoms with Gasteiger partial charge in [-0.3, -0.25) is 0 Å². The molecule has 4 aromatic rings. The molecule has 0 amide bonds. The fourth-order valence-corrected chi connectivity index (χ4v) is 4.97. The summed E-state index contributed by atoms with van der Waals surface area (Å²) in [6.45, 7) is 2.20. The lowest BCUT2D eigenvalue weighted by Crippen LogP contribution is -2.23. The van der Waals surface area contributed by atoms with Gasteiger partial charge in [-0.15, -0.1) is 5.10 Å². The van der Waals surface area contributed by atoms with E-state index in [1.807, 2.05) is 12.1 Å². The van der Waals surface area contributed by atoms with Crippen molar-refractivity contribution in [3.8, 4) is 11.6 Å². The van der Waals surface area contributed by atoms with Crippen LogP contribution in [0.1, 0.15) is 17.2 Å². The van der Waals surface area contributed by atoms with Gasteiger partial charge in [0.05, 0.1) is 11.9 Å². The molecule has 3 aromatic heterocycles. The Morgan fingerprint density at radius 2 is 1.94 bits per heavy atom. The molecule has 0 radical (unpaired) electrons. The lowest BCUT2D eigenvalue weighted by atomic mass is 10.2. The molecule has 4 heterocycles. The molecule has 2 N–H and O–H groups in total. The van der Waals surface area contributed by atoms with Gasteiger partial charge >= 0.3 is 6.01 Å². The molecule has 12 heteroatoms. The summed E-state index contributed by atoms with van der Waals surface area (Å²) in [5.74, 6) is 2.36. The molecule has 1 aliphatic carbocycles. The van der Waals surface area contributed by atoms with Crippen molar-refractivity contribution in [1.29, 1.82) is 0 Å². The zero-order valence-corrected chi connectivity index (χ0v) is 18.1. The minimum Gasteiger partial charge on any atom is -0.402 e. The van der Waals surface area contributed by atoms with E-state index in [2.05, 4.69) is 45.8 Å². The van der Waals surface area contributed by atoms with Crippen molar-refractivity contribution in [2.24, 2.45) is 11.8 Å². The van der Waals surface area contributed by atoms with Crippen LogP contribution in [-0.4, -0.2) is 48.7 Å². The predicted molar refractivity (Wildman–Crippen MR) is 117 cm³/mol. The predicted octanol–water partition coefficient (Wildman–Crippen LogP) is 3.41. The fourth-order valence-electron chi connectivity index (χ4n) is 4.40. The van der Waals surface area contributed by atoms with Crippen LogP contribution in [0, 0.1) is 11.8 Å². The summed E-state index contributed by atoms with van der Waals surface area (Å²) in [5.41, 5.74) is 2.51. The van der Waals surface area contributed by atoms with Crippen LogP contribution in [0.4, 0.5) is 12.0 Å². The van der Waals surface area contributed by atoms with Gasteiger partial charge in [0.1, 0.15) is 5.69 Å². The maximum absolute atomic E-state index is 6.06. The first-order valence-electron chi connectivity index (χ1n) is 10.1. The molecule has 162 valence electrons. The first kappa shape index (κ1) is 19.4. The van der Waals surface area contributed by atoms with Gasteiger partial charge in [-0.1, -0.05) is 28.3 Å². The van der Waals surface area contributed by atoms with E-state index in [0.29, 0.717) is 57.9 Å². The van der Waals surface area contributed by atoms with E-state index in [0.717, 1.165) is 24.3 Å². The normalized spacial score (nSPS) is 21.6. The molecule has 1 saturated heterocycles. The lowest BCUT2D eigenvalue weighted by Gasteiger charge is -2.15. The Morgan fingerprint density at radius 1 is 1.12 bits per heavy atom. The zero-order valence-electron chi connectivity index (χ0n) is 16.6. The van der Waals surface area contributed by atoms with Crippen molar-refractivity contribution >= 4 is 35.2 Å². The Bertz CT molecular complexity index is 1230. The molecular formula is C20H17Cl2N9O. The van der Waals surface area contributed by atoms with Gasteiger partial charge in [0.25, 0.3) is 5.89 Å². The number of benzene rings is 1. The van der Waals surface area contributed by atoms with Crippen LogP contribution >= 0.6 is 23.2 Å². The minimum atomic E-state index is 0.352. The SMILES string of the molecule is Clc1cc(Cl)cc(CNc2nccc(-c3nnc(N4CC5C(C4)C5c4cn[nH]n4)o3)n2)c1. The number of fused-ring (bicyclic) bond motifs is 1. The topological polar surface area (TPSA) is 122 Å². The molecular weight excluding hydrogens is 453 g/mol. The van der Waals surface area contributed by atoms with Crippen LogP contribution in [-0.2, 0) is 6.54 Å². The second-order valence-electron chi connectivity index (χ2n) is 7.94. The number of H-pyrrole nitrogens is 1. The third kappa shape index (κ3) is 3.65. The van der Waals surface area contributed by atoms with Crippen molar-refractivity contribution < 1.29 is 4.42 Å². The van der Waals surface area contributed by atoms with Gasteiger partial charge in [-0.2, -0.15) is 15.4 Å². The van der Waals surface area contributed by atoms with Crippen LogP contribution in [0.15, 0.2) is 41.1 Å². The Balaban J connectivity index is 1.12. The molecule has 2 fully saturated rings. The lowest BCUT2D eigenvalue weighted by molar-refractivity contribution is 0.542. The van der Waals surface area contributed by atoms with Crippen LogP contribution in [0.3, 0.4) is 0 Å². The van der Waals surface area contributed by atoms with Gasteiger partial charge in [0.15, 0.2) is 0 Å². The van der Waals surface area contributed by atoms with Crippen molar-refractivity contribution in [2.45, 2.75) is 12.5 Å². The summed E-state index contributed by atoms with van der Waals surface area (Å²) >= 11 is 12.1. The quantitative estimate of drug-likeness (QED) is 0.437. The number of halogens is 2. The molecule has 1 saturated carbocycles. The molecule has 2 unspecified atom stereocenters. The van der Waals surface area contributed by atoms with Crippen LogP contribution in [0.25, 0.3) is 11.6 Å². The molecule has 2 aliphatic rings. The molecule has 32 heavy (non-hydrogen) atoms. The van der Waals surface area contributed by atoms with Crippen molar-refractivity contribution in [1.82, 2.24) is 35.6 Å². The first-order valence-corrected chi connectivity index (χ1v) is 10.9. The van der Waals surface area contributed by atoms with Crippen LogP contribution < -0.4 is 10.2 Å². The van der Waals surface area contributed by atoms with Gasteiger partial charge in [0.2, 0.25) is 5.95 Å². The number of nitrogens with one attached hydrogen (secondary N) is 2. The summed E-state index contributed by atoms with van der Waals surface area (Å²) in [6, 6.07) is 7.61. The smallest absolute Gasteiger partial charge is 0.318 e.